The molecule has 1 fully saturated rings. The summed E-state index contributed by atoms with van der Waals surface area (Å²) >= 11 is 0. The van der Waals surface area contributed by atoms with Crippen molar-refractivity contribution in [3.05, 3.63) is 29.3 Å². The SMILES string of the molecule is CCCNC(=O)N1CCN(S(=O)(=O)c2cc(C(C)C)ccc2C)CC1. The smallest absolute Gasteiger partial charge is 0.317 e. The van der Waals surface area contributed by atoms with Gasteiger partial charge in [-0.25, -0.2) is 13.2 Å². The van der Waals surface area contributed by atoms with Crippen LogP contribution in [0.25, 0.3) is 0 Å². The molecule has 2 rings (SSSR count). The van der Waals surface area contributed by atoms with Gasteiger partial charge in [0, 0.05) is 32.7 Å². The second kappa shape index (κ2) is 8.19. The summed E-state index contributed by atoms with van der Waals surface area (Å²) in [4.78, 5) is 14.1. The summed E-state index contributed by atoms with van der Waals surface area (Å²) in [6.45, 7) is 10.0. The number of nitrogens with one attached hydrogen (secondary N) is 1. The van der Waals surface area contributed by atoms with E-state index >= 15 is 0 Å². The number of piperazine rings is 1. The number of aryl methyl sites for hydroxylation is 1. The van der Waals surface area contributed by atoms with Crippen LogP contribution < -0.4 is 5.32 Å². The number of carbonyl (C=O) groups excluding carboxylic acids is 1. The monoisotopic (exact) mass is 367 g/mol. The Morgan fingerprint density at radius 1 is 1.20 bits per heavy atom. The number of rotatable bonds is 5. The highest BCUT2D eigenvalue weighted by Gasteiger charge is 2.31. The molecule has 1 aromatic rings. The Hall–Kier alpha value is -1.60. The third-order valence-corrected chi connectivity index (χ3v) is 6.59. The second-order valence-electron chi connectivity index (χ2n) is 6.80. The van der Waals surface area contributed by atoms with E-state index < -0.39 is 10.0 Å². The van der Waals surface area contributed by atoms with Crippen LogP contribution in [0.2, 0.25) is 0 Å². The highest BCUT2D eigenvalue weighted by atomic mass is 32.2. The van der Waals surface area contributed by atoms with E-state index in [1.54, 1.807) is 11.0 Å². The fourth-order valence-corrected chi connectivity index (χ4v) is 4.55. The highest BCUT2D eigenvalue weighted by molar-refractivity contribution is 7.89. The quantitative estimate of drug-likeness (QED) is 0.869. The molecule has 1 aliphatic heterocycles. The molecule has 140 valence electrons. The minimum absolute atomic E-state index is 0.114. The Morgan fingerprint density at radius 3 is 2.40 bits per heavy atom. The van der Waals surface area contributed by atoms with Gasteiger partial charge in [0.1, 0.15) is 0 Å². The number of hydrogen-bond acceptors (Lipinski definition) is 3. The zero-order valence-electron chi connectivity index (χ0n) is 15.6. The summed E-state index contributed by atoms with van der Waals surface area (Å²) in [5.41, 5.74) is 1.77. The maximum absolute atomic E-state index is 13.0. The lowest BCUT2D eigenvalue weighted by molar-refractivity contribution is 0.172. The van der Waals surface area contributed by atoms with Gasteiger partial charge in [-0.05, 0) is 36.5 Å². The summed E-state index contributed by atoms with van der Waals surface area (Å²) in [5, 5.41) is 2.84. The molecule has 1 N–H and O–H groups in total. The van der Waals surface area contributed by atoms with Crippen LogP contribution >= 0.6 is 0 Å². The van der Waals surface area contributed by atoms with Crippen molar-refractivity contribution in [1.29, 1.82) is 0 Å². The van der Waals surface area contributed by atoms with Gasteiger partial charge in [-0.2, -0.15) is 4.31 Å². The Labute approximate surface area is 151 Å². The van der Waals surface area contributed by atoms with Crippen molar-refractivity contribution >= 4 is 16.1 Å². The molecular weight excluding hydrogens is 338 g/mol. The molecule has 0 saturated carbocycles. The number of hydrogen-bond donors (Lipinski definition) is 1. The van der Waals surface area contributed by atoms with E-state index in [0.717, 1.165) is 17.5 Å². The largest absolute Gasteiger partial charge is 0.338 e. The lowest BCUT2D eigenvalue weighted by atomic mass is 10.0. The van der Waals surface area contributed by atoms with Gasteiger partial charge in [-0.1, -0.05) is 32.9 Å². The molecule has 0 atom stereocenters. The first kappa shape index (κ1) is 19.7. The molecule has 2 amide bonds. The van der Waals surface area contributed by atoms with Gasteiger partial charge in [0.05, 0.1) is 4.90 Å². The van der Waals surface area contributed by atoms with Crippen LogP contribution in [0.15, 0.2) is 23.1 Å². The zero-order valence-corrected chi connectivity index (χ0v) is 16.4. The Bertz CT molecular complexity index is 708. The molecule has 25 heavy (non-hydrogen) atoms. The summed E-state index contributed by atoms with van der Waals surface area (Å²) in [7, 11) is -3.54. The van der Waals surface area contributed by atoms with Gasteiger partial charge in [0.15, 0.2) is 0 Å². The lowest BCUT2D eigenvalue weighted by Gasteiger charge is -2.34. The van der Waals surface area contributed by atoms with Gasteiger partial charge < -0.3 is 10.2 Å². The molecule has 0 bridgehead atoms. The molecule has 7 heteroatoms. The van der Waals surface area contributed by atoms with Gasteiger partial charge in [-0.3, -0.25) is 0 Å². The van der Waals surface area contributed by atoms with Gasteiger partial charge in [0.25, 0.3) is 0 Å². The van der Waals surface area contributed by atoms with Crippen LogP contribution in [0.1, 0.15) is 44.2 Å². The molecule has 6 nitrogen and oxygen atoms in total. The van der Waals surface area contributed by atoms with Crippen molar-refractivity contribution < 1.29 is 13.2 Å². The van der Waals surface area contributed by atoms with Crippen molar-refractivity contribution in [1.82, 2.24) is 14.5 Å². The van der Waals surface area contributed by atoms with Gasteiger partial charge in [0.2, 0.25) is 10.0 Å². The standard InChI is InChI=1S/C18H29N3O3S/c1-5-8-19-18(22)20-9-11-21(12-10-20)25(23,24)17-13-16(14(2)3)7-6-15(17)4/h6-7,13-14H,5,8-12H2,1-4H3,(H,19,22). The van der Waals surface area contributed by atoms with Crippen LogP contribution in [0.5, 0.6) is 0 Å². The first-order valence-electron chi connectivity index (χ1n) is 8.90. The fraction of sp³-hybridized carbons (Fsp3) is 0.611. The van der Waals surface area contributed by atoms with E-state index in [1.165, 1.54) is 4.31 Å². The molecule has 0 aliphatic carbocycles. The normalized spacial score (nSPS) is 16.3. The summed E-state index contributed by atoms with van der Waals surface area (Å²) in [5.74, 6) is 0.272. The maximum atomic E-state index is 13.0. The first-order chi connectivity index (χ1) is 11.8. The zero-order chi connectivity index (χ0) is 18.6. The third kappa shape index (κ3) is 4.52. The fourth-order valence-electron chi connectivity index (χ4n) is 2.87. The van der Waals surface area contributed by atoms with Gasteiger partial charge in [-0.15, -0.1) is 0 Å². The van der Waals surface area contributed by atoms with Crippen LogP contribution in [-0.2, 0) is 10.0 Å². The number of sulfonamides is 1. The van der Waals surface area contributed by atoms with Crippen molar-refractivity contribution in [2.24, 2.45) is 0 Å². The number of carbonyl (C=O) groups is 1. The second-order valence-corrected chi connectivity index (χ2v) is 8.71. The average Bonchev–Trinajstić information content (AvgIpc) is 2.59. The summed E-state index contributed by atoms with van der Waals surface area (Å²) in [6.07, 6.45) is 0.881. The minimum atomic E-state index is -3.54. The maximum Gasteiger partial charge on any atom is 0.317 e. The predicted molar refractivity (Wildman–Crippen MR) is 99.3 cm³/mol. The van der Waals surface area contributed by atoms with E-state index in [-0.39, 0.29) is 11.9 Å². The first-order valence-corrected chi connectivity index (χ1v) is 10.3. The third-order valence-electron chi connectivity index (χ3n) is 4.55. The molecule has 0 radical (unpaired) electrons. The Morgan fingerprint density at radius 2 is 1.84 bits per heavy atom. The van der Waals surface area contributed by atoms with Crippen molar-refractivity contribution in [2.75, 3.05) is 32.7 Å². The molecule has 1 heterocycles. The Balaban J connectivity index is 2.12. The van der Waals surface area contributed by atoms with Crippen LogP contribution in [0.3, 0.4) is 0 Å². The molecule has 1 aromatic carbocycles. The lowest BCUT2D eigenvalue weighted by Crippen LogP contribution is -2.53. The number of amides is 2. The van der Waals surface area contributed by atoms with Crippen LogP contribution in [0, 0.1) is 6.92 Å². The molecule has 0 spiro atoms. The van der Waals surface area contributed by atoms with E-state index in [4.69, 9.17) is 0 Å². The summed E-state index contributed by atoms with van der Waals surface area (Å²) < 4.78 is 27.6. The van der Waals surface area contributed by atoms with Crippen molar-refractivity contribution in [3.8, 4) is 0 Å². The predicted octanol–water partition coefficient (Wildman–Crippen LogP) is 2.54. The van der Waals surface area contributed by atoms with Gasteiger partial charge >= 0.3 is 6.03 Å². The topological polar surface area (TPSA) is 69.7 Å². The Kier molecular flexibility index (Phi) is 6.46. The number of benzene rings is 1. The number of urea groups is 1. The molecule has 1 aliphatic rings. The molecule has 1 saturated heterocycles. The van der Waals surface area contributed by atoms with Crippen LogP contribution in [-0.4, -0.2) is 56.4 Å². The average molecular weight is 368 g/mol. The van der Waals surface area contributed by atoms with E-state index in [9.17, 15) is 13.2 Å². The van der Waals surface area contributed by atoms with Crippen molar-refractivity contribution in [2.45, 2.75) is 44.9 Å². The molecular formula is C18H29N3O3S. The molecule has 0 unspecified atom stereocenters. The van der Waals surface area contributed by atoms with Crippen LogP contribution in [0.4, 0.5) is 4.79 Å². The van der Waals surface area contributed by atoms with E-state index in [2.05, 4.69) is 19.2 Å². The minimum Gasteiger partial charge on any atom is -0.338 e. The molecule has 0 aromatic heterocycles. The van der Waals surface area contributed by atoms with E-state index in [0.29, 0.717) is 37.6 Å². The van der Waals surface area contributed by atoms with Crippen molar-refractivity contribution in [3.63, 3.8) is 0 Å². The highest BCUT2D eigenvalue weighted by Crippen LogP contribution is 2.25. The summed E-state index contributed by atoms with van der Waals surface area (Å²) in [6, 6.07) is 5.53. The number of nitrogens with zero attached hydrogens (tertiary/aromatic N) is 2. The van der Waals surface area contributed by atoms with E-state index in [1.807, 2.05) is 26.0 Å².